The van der Waals surface area contributed by atoms with Gasteiger partial charge in [0.1, 0.15) is 5.75 Å². The lowest BCUT2D eigenvalue weighted by Crippen LogP contribution is -2.38. The number of halogens is 1. The summed E-state index contributed by atoms with van der Waals surface area (Å²) in [6, 6.07) is 8.14. The number of likely N-dealkylation sites (tertiary alicyclic amines) is 1. The van der Waals surface area contributed by atoms with Crippen LogP contribution in [-0.4, -0.2) is 50.7 Å². The van der Waals surface area contributed by atoms with Crippen molar-refractivity contribution in [1.82, 2.24) is 15.5 Å². The Bertz CT molecular complexity index is 545. The largest absolute Gasteiger partial charge is 0.494 e. The van der Waals surface area contributed by atoms with Gasteiger partial charge in [-0.05, 0) is 64.2 Å². The second-order valence-corrected chi connectivity index (χ2v) is 7.12. The molecule has 154 valence electrons. The van der Waals surface area contributed by atoms with Crippen molar-refractivity contribution in [3.63, 3.8) is 0 Å². The van der Waals surface area contributed by atoms with Crippen LogP contribution in [0.3, 0.4) is 0 Å². The molecule has 0 aliphatic carbocycles. The summed E-state index contributed by atoms with van der Waals surface area (Å²) in [4.78, 5) is 6.93. The molecule has 1 saturated heterocycles. The third-order valence-corrected chi connectivity index (χ3v) is 5.01. The van der Waals surface area contributed by atoms with Crippen molar-refractivity contribution in [2.24, 2.45) is 10.9 Å². The number of aliphatic imine (C=N–C) groups is 1. The number of benzene rings is 1. The van der Waals surface area contributed by atoms with Gasteiger partial charge in [0.15, 0.2) is 5.96 Å². The number of hydrogen-bond donors (Lipinski definition) is 2. The van der Waals surface area contributed by atoms with Crippen LogP contribution in [0.25, 0.3) is 0 Å². The molecule has 1 aliphatic heterocycles. The highest BCUT2D eigenvalue weighted by atomic mass is 127. The average molecular weight is 488 g/mol. The molecule has 2 rings (SSSR count). The minimum Gasteiger partial charge on any atom is -0.494 e. The maximum atomic E-state index is 5.68. The Kier molecular flexibility index (Phi) is 12.5. The topological polar surface area (TPSA) is 48.9 Å². The molecule has 1 fully saturated rings. The summed E-state index contributed by atoms with van der Waals surface area (Å²) in [6.45, 7) is 10.5. The van der Waals surface area contributed by atoms with Gasteiger partial charge in [-0.2, -0.15) is 0 Å². The number of piperidine rings is 1. The van der Waals surface area contributed by atoms with E-state index in [4.69, 9.17) is 4.74 Å². The molecule has 1 heterocycles. The van der Waals surface area contributed by atoms with Crippen LogP contribution in [0.5, 0.6) is 5.75 Å². The van der Waals surface area contributed by atoms with Crippen molar-refractivity contribution in [3.05, 3.63) is 29.8 Å². The van der Waals surface area contributed by atoms with Gasteiger partial charge in [0.05, 0.1) is 6.61 Å². The molecule has 1 aromatic carbocycles. The molecule has 0 atom stereocenters. The minimum atomic E-state index is 0. The average Bonchev–Trinajstić information content (AvgIpc) is 2.67. The highest BCUT2D eigenvalue weighted by molar-refractivity contribution is 14.0. The van der Waals surface area contributed by atoms with E-state index in [-0.39, 0.29) is 24.0 Å². The molecule has 5 nitrogen and oxygen atoms in total. The van der Waals surface area contributed by atoms with Crippen LogP contribution in [0, 0.1) is 5.92 Å². The smallest absolute Gasteiger partial charge is 0.191 e. The molecule has 27 heavy (non-hydrogen) atoms. The van der Waals surface area contributed by atoms with Crippen molar-refractivity contribution in [2.45, 2.75) is 46.1 Å². The highest BCUT2D eigenvalue weighted by Crippen LogP contribution is 2.17. The summed E-state index contributed by atoms with van der Waals surface area (Å²) >= 11 is 0. The van der Waals surface area contributed by atoms with Crippen LogP contribution in [0.1, 0.15) is 45.1 Å². The summed E-state index contributed by atoms with van der Waals surface area (Å²) in [5.74, 6) is 2.70. The molecule has 0 unspecified atom stereocenters. The van der Waals surface area contributed by atoms with Crippen LogP contribution >= 0.6 is 24.0 Å². The summed E-state index contributed by atoms with van der Waals surface area (Å²) in [7, 11) is 1.82. The Balaban J connectivity index is 0.00000364. The van der Waals surface area contributed by atoms with Crippen molar-refractivity contribution in [3.8, 4) is 5.75 Å². The van der Waals surface area contributed by atoms with Crippen molar-refractivity contribution < 1.29 is 4.74 Å². The van der Waals surface area contributed by atoms with Crippen molar-refractivity contribution >= 4 is 29.9 Å². The Labute approximate surface area is 182 Å². The molecule has 0 aromatic heterocycles. The zero-order valence-corrected chi connectivity index (χ0v) is 19.5. The quantitative estimate of drug-likeness (QED) is 0.240. The number of nitrogens with one attached hydrogen (secondary N) is 2. The third-order valence-electron chi connectivity index (χ3n) is 5.01. The number of nitrogens with zero attached hydrogens (tertiary/aromatic N) is 2. The van der Waals surface area contributed by atoms with Crippen LogP contribution in [0.15, 0.2) is 29.3 Å². The molecular formula is C21H37IN4O. The van der Waals surface area contributed by atoms with Crippen LogP contribution in [0.2, 0.25) is 0 Å². The first kappa shape index (κ1) is 24.0. The second kappa shape index (κ2) is 14.0. The lowest BCUT2D eigenvalue weighted by molar-refractivity contribution is 0.189. The molecule has 0 amide bonds. The lowest BCUT2D eigenvalue weighted by atomic mass is 9.99. The molecule has 1 aliphatic rings. The molecule has 0 spiro atoms. The van der Waals surface area contributed by atoms with Crippen molar-refractivity contribution in [2.75, 3.05) is 39.8 Å². The summed E-state index contributed by atoms with van der Waals surface area (Å²) in [5.41, 5.74) is 1.15. The van der Waals surface area contributed by atoms with Gasteiger partial charge in [0, 0.05) is 25.7 Å². The second-order valence-electron chi connectivity index (χ2n) is 7.12. The number of hydrogen-bond acceptors (Lipinski definition) is 3. The Morgan fingerprint density at radius 3 is 2.63 bits per heavy atom. The number of rotatable bonds is 9. The molecule has 2 N–H and O–H groups in total. The van der Waals surface area contributed by atoms with Gasteiger partial charge in [-0.25, -0.2) is 0 Å². The molecule has 1 aromatic rings. The van der Waals surface area contributed by atoms with E-state index in [0.29, 0.717) is 13.2 Å². The third kappa shape index (κ3) is 9.14. The Morgan fingerprint density at radius 2 is 1.93 bits per heavy atom. The predicted molar refractivity (Wildman–Crippen MR) is 125 cm³/mol. The van der Waals surface area contributed by atoms with E-state index in [0.717, 1.165) is 29.7 Å². The normalized spacial score (nSPS) is 15.9. The van der Waals surface area contributed by atoms with E-state index in [1.165, 1.54) is 45.3 Å². The van der Waals surface area contributed by atoms with E-state index in [9.17, 15) is 0 Å². The first-order valence-electron chi connectivity index (χ1n) is 10.1. The Morgan fingerprint density at radius 1 is 1.19 bits per heavy atom. The van der Waals surface area contributed by atoms with E-state index in [1.54, 1.807) is 0 Å². The van der Waals surface area contributed by atoms with Gasteiger partial charge in [0.25, 0.3) is 0 Å². The number of ether oxygens (including phenoxy) is 1. The fraction of sp³-hybridized carbons (Fsp3) is 0.667. The minimum absolute atomic E-state index is 0. The maximum absolute atomic E-state index is 5.68. The lowest BCUT2D eigenvalue weighted by Gasteiger charge is -2.30. The zero-order chi connectivity index (χ0) is 18.6. The Hall–Kier alpha value is -1.02. The molecule has 6 heteroatoms. The highest BCUT2D eigenvalue weighted by Gasteiger charge is 2.14. The first-order valence-corrected chi connectivity index (χ1v) is 10.1. The molecule has 0 radical (unpaired) electrons. The van der Waals surface area contributed by atoms with Gasteiger partial charge < -0.3 is 20.3 Å². The van der Waals surface area contributed by atoms with Gasteiger partial charge in [-0.15, -0.1) is 24.0 Å². The molecular weight excluding hydrogens is 451 g/mol. The van der Waals surface area contributed by atoms with E-state index >= 15 is 0 Å². The van der Waals surface area contributed by atoms with Gasteiger partial charge in [-0.3, -0.25) is 4.99 Å². The summed E-state index contributed by atoms with van der Waals surface area (Å²) in [5, 5.41) is 6.79. The molecule has 0 bridgehead atoms. The van der Waals surface area contributed by atoms with Crippen molar-refractivity contribution in [1.29, 1.82) is 0 Å². The van der Waals surface area contributed by atoms with E-state index in [1.807, 2.05) is 32.2 Å². The van der Waals surface area contributed by atoms with E-state index < -0.39 is 0 Å². The van der Waals surface area contributed by atoms with Gasteiger partial charge in [0.2, 0.25) is 0 Å². The summed E-state index contributed by atoms with van der Waals surface area (Å²) < 4.78 is 5.68. The zero-order valence-electron chi connectivity index (χ0n) is 17.2. The molecule has 0 saturated carbocycles. The SMILES string of the molecule is CCOc1ccccc1CNC(=NC)NCCCCN1CCC(C)CC1.I. The predicted octanol–water partition coefficient (Wildman–Crippen LogP) is 3.88. The standard InChI is InChI=1S/C21H36N4O.HI/c1-4-26-20-10-6-5-9-19(20)17-24-21(22-3)23-13-7-8-14-25-15-11-18(2)12-16-25;/h5-6,9-10,18H,4,7-8,11-17H2,1-3H3,(H2,22,23,24);1H. The van der Waals surface area contributed by atoms with Crippen LogP contribution < -0.4 is 15.4 Å². The number of para-hydroxylation sites is 1. The maximum Gasteiger partial charge on any atom is 0.191 e. The number of unbranched alkanes of at least 4 members (excludes halogenated alkanes) is 1. The van der Waals surface area contributed by atoms with Crippen LogP contribution in [0.4, 0.5) is 0 Å². The monoisotopic (exact) mass is 488 g/mol. The van der Waals surface area contributed by atoms with Gasteiger partial charge in [-0.1, -0.05) is 25.1 Å². The fourth-order valence-corrected chi connectivity index (χ4v) is 3.30. The fourth-order valence-electron chi connectivity index (χ4n) is 3.30. The van der Waals surface area contributed by atoms with E-state index in [2.05, 4.69) is 33.5 Å². The summed E-state index contributed by atoms with van der Waals surface area (Å²) in [6.07, 6.45) is 5.13. The van der Waals surface area contributed by atoms with Crippen LogP contribution in [-0.2, 0) is 6.54 Å². The first-order chi connectivity index (χ1) is 12.7. The van der Waals surface area contributed by atoms with Gasteiger partial charge >= 0.3 is 0 Å². The number of guanidine groups is 1.